The van der Waals surface area contributed by atoms with E-state index in [1.807, 2.05) is 6.92 Å². The minimum absolute atomic E-state index is 0.111. The average Bonchev–Trinajstić information content (AvgIpc) is 2.26. The van der Waals surface area contributed by atoms with Crippen LogP contribution in [0.15, 0.2) is 23.1 Å². The summed E-state index contributed by atoms with van der Waals surface area (Å²) in [6.45, 7) is 3.55. The lowest BCUT2D eigenvalue weighted by Crippen LogP contribution is -2.19. The molecule has 18 heavy (non-hydrogen) atoms. The highest BCUT2D eigenvalue weighted by Gasteiger charge is 2.19. The first-order valence-electron chi connectivity index (χ1n) is 5.10. The van der Waals surface area contributed by atoms with Gasteiger partial charge in [0.1, 0.15) is 4.90 Å². The highest BCUT2D eigenvalue weighted by molar-refractivity contribution is 7.87. The van der Waals surface area contributed by atoms with Gasteiger partial charge < -0.3 is 9.92 Å². The zero-order valence-corrected chi connectivity index (χ0v) is 10.9. The molecule has 0 saturated carbocycles. The quantitative estimate of drug-likeness (QED) is 0.661. The van der Waals surface area contributed by atoms with Crippen molar-refractivity contribution in [3.8, 4) is 11.8 Å². The topological polar surface area (TPSA) is 86.5 Å². The molecule has 0 aliphatic carbocycles. The van der Waals surface area contributed by atoms with Crippen LogP contribution in [0.5, 0.6) is 0 Å². The molecule has 0 saturated heterocycles. The van der Waals surface area contributed by atoms with E-state index < -0.39 is 16.2 Å². The molecule has 0 spiro atoms. The van der Waals surface area contributed by atoms with Gasteiger partial charge in [-0.05, 0) is 37.1 Å². The number of hydrogen-bond acceptors (Lipinski definition) is 4. The molecule has 0 atom stereocenters. The molecule has 1 aromatic rings. The molecule has 2 N–H and O–H groups in total. The Balaban J connectivity index is 3.18. The van der Waals surface area contributed by atoms with Gasteiger partial charge in [0.05, 0.1) is 0 Å². The minimum atomic E-state index is -4.15. The highest BCUT2D eigenvalue weighted by atomic mass is 32.2. The van der Waals surface area contributed by atoms with Crippen LogP contribution in [0.1, 0.15) is 18.1 Å². The largest absolute Gasteiger partial charge is 0.420 e. The molecule has 0 aromatic heterocycles. The normalized spacial score (nSPS) is 10.3. The second-order valence-electron chi connectivity index (χ2n) is 3.55. The first-order valence-corrected chi connectivity index (χ1v) is 6.50. The van der Waals surface area contributed by atoms with Crippen LogP contribution in [0.4, 0.5) is 4.79 Å². The Morgan fingerprint density at radius 3 is 2.67 bits per heavy atom. The highest BCUT2D eigenvalue weighted by Crippen LogP contribution is 2.18. The van der Waals surface area contributed by atoms with E-state index in [0.29, 0.717) is 6.42 Å². The summed E-state index contributed by atoms with van der Waals surface area (Å²) in [7, 11) is -4.15. The Morgan fingerprint density at radius 2 is 2.11 bits per heavy atom. The van der Waals surface area contributed by atoms with E-state index in [0.717, 1.165) is 11.1 Å². The summed E-state index contributed by atoms with van der Waals surface area (Å²) in [5.41, 5.74) is 6.38. The van der Waals surface area contributed by atoms with E-state index >= 15 is 0 Å². The van der Waals surface area contributed by atoms with Crippen LogP contribution >= 0.6 is 0 Å². The van der Waals surface area contributed by atoms with Gasteiger partial charge in [-0.3, -0.25) is 0 Å². The van der Waals surface area contributed by atoms with Crippen LogP contribution in [0.3, 0.4) is 0 Å². The van der Waals surface area contributed by atoms with Crippen molar-refractivity contribution < 1.29 is 17.4 Å². The number of carbonyl (C=O) groups is 1. The third kappa shape index (κ3) is 3.50. The van der Waals surface area contributed by atoms with Crippen LogP contribution in [0.25, 0.3) is 0 Å². The number of amides is 1. The van der Waals surface area contributed by atoms with E-state index in [9.17, 15) is 13.2 Å². The third-order valence-corrected chi connectivity index (χ3v) is 3.47. The van der Waals surface area contributed by atoms with Crippen molar-refractivity contribution in [3.05, 3.63) is 29.3 Å². The van der Waals surface area contributed by atoms with Crippen molar-refractivity contribution in [3.63, 3.8) is 0 Å². The second kappa shape index (κ2) is 5.56. The fourth-order valence-electron chi connectivity index (χ4n) is 1.33. The Kier molecular flexibility index (Phi) is 4.34. The summed E-state index contributed by atoms with van der Waals surface area (Å²) in [5, 5.41) is 0. The van der Waals surface area contributed by atoms with E-state index in [2.05, 4.69) is 16.0 Å². The predicted molar refractivity (Wildman–Crippen MR) is 66.2 cm³/mol. The predicted octanol–water partition coefficient (Wildman–Crippen LogP) is 1.34. The molecule has 0 heterocycles. The maximum atomic E-state index is 11.6. The number of hydrogen-bond donors (Lipinski definition) is 1. The smallest absolute Gasteiger partial charge is 0.334 e. The van der Waals surface area contributed by atoms with Crippen LogP contribution in [0.2, 0.25) is 0 Å². The van der Waals surface area contributed by atoms with E-state index in [4.69, 9.17) is 5.73 Å². The number of aryl methyl sites for hydroxylation is 1. The zero-order chi connectivity index (χ0) is 13.8. The maximum Gasteiger partial charge on any atom is 0.420 e. The van der Waals surface area contributed by atoms with Gasteiger partial charge >= 0.3 is 16.2 Å². The molecule has 0 aliphatic rings. The Bertz CT molecular complexity index is 623. The number of primary amides is 1. The van der Waals surface area contributed by atoms with Crippen LogP contribution < -0.4 is 5.73 Å². The van der Waals surface area contributed by atoms with E-state index in [-0.39, 0.29) is 4.90 Å². The van der Waals surface area contributed by atoms with Crippen molar-refractivity contribution in [1.82, 2.24) is 0 Å². The molecular weight excluding hydrogens is 254 g/mol. The molecule has 96 valence electrons. The Hall–Kier alpha value is -2.00. The first-order chi connectivity index (χ1) is 8.36. The number of carbonyl (C=O) groups excluding carboxylic acids is 1. The first kappa shape index (κ1) is 14.1. The Morgan fingerprint density at radius 1 is 1.44 bits per heavy atom. The lowest BCUT2D eigenvalue weighted by molar-refractivity contribution is 0.212. The fraction of sp³-hybridized carbons (Fsp3) is 0.250. The lowest BCUT2D eigenvalue weighted by Gasteiger charge is -2.07. The second-order valence-corrected chi connectivity index (χ2v) is 5.09. The molecule has 6 heteroatoms. The van der Waals surface area contributed by atoms with Crippen molar-refractivity contribution in [2.45, 2.75) is 25.2 Å². The van der Waals surface area contributed by atoms with Crippen LogP contribution in [-0.2, 0) is 20.7 Å². The average molecular weight is 267 g/mol. The number of rotatable bonds is 3. The van der Waals surface area contributed by atoms with Crippen molar-refractivity contribution in [2.24, 2.45) is 5.73 Å². The monoisotopic (exact) mass is 267 g/mol. The molecule has 0 bridgehead atoms. The molecule has 0 aliphatic heterocycles. The summed E-state index contributed by atoms with van der Waals surface area (Å²) in [6, 6.07) is 4.42. The van der Waals surface area contributed by atoms with Crippen molar-refractivity contribution in [1.29, 1.82) is 0 Å². The number of nitrogens with two attached hydrogens (primary N) is 1. The van der Waals surface area contributed by atoms with Crippen molar-refractivity contribution in [2.75, 3.05) is 0 Å². The van der Waals surface area contributed by atoms with Crippen LogP contribution in [0, 0.1) is 18.8 Å². The van der Waals surface area contributed by atoms with Gasteiger partial charge in [-0.1, -0.05) is 12.0 Å². The number of benzene rings is 1. The van der Waals surface area contributed by atoms with Gasteiger partial charge in [-0.25, -0.2) is 4.79 Å². The van der Waals surface area contributed by atoms with Gasteiger partial charge in [0, 0.05) is 6.42 Å². The molecule has 1 aromatic carbocycles. The van der Waals surface area contributed by atoms with Gasteiger partial charge in [0.15, 0.2) is 0 Å². The van der Waals surface area contributed by atoms with Crippen LogP contribution in [-0.4, -0.2) is 14.5 Å². The molecule has 0 radical (unpaired) electrons. The van der Waals surface area contributed by atoms with Gasteiger partial charge in [0.25, 0.3) is 0 Å². The van der Waals surface area contributed by atoms with Gasteiger partial charge in [0.2, 0.25) is 0 Å². The summed E-state index contributed by atoms with van der Waals surface area (Å²) >= 11 is 0. The summed E-state index contributed by atoms with van der Waals surface area (Å²) in [5.74, 6) is 5.58. The molecule has 5 nitrogen and oxygen atoms in total. The molecule has 1 amide bonds. The van der Waals surface area contributed by atoms with E-state index in [1.165, 1.54) is 12.1 Å². The lowest BCUT2D eigenvalue weighted by atomic mass is 10.1. The zero-order valence-electron chi connectivity index (χ0n) is 10.1. The van der Waals surface area contributed by atoms with E-state index in [1.54, 1.807) is 13.0 Å². The summed E-state index contributed by atoms with van der Waals surface area (Å²) < 4.78 is 27.3. The molecule has 1 rings (SSSR count). The molecule has 0 unspecified atom stereocenters. The maximum absolute atomic E-state index is 11.6. The Labute approximate surface area is 106 Å². The fourth-order valence-corrected chi connectivity index (χ4v) is 2.17. The summed E-state index contributed by atoms with van der Waals surface area (Å²) in [4.78, 5) is 10.4. The van der Waals surface area contributed by atoms with Gasteiger partial charge in [-0.2, -0.15) is 8.42 Å². The minimum Gasteiger partial charge on any atom is -0.334 e. The SMILES string of the molecule is CC#CCc1cc(S(=O)(=O)OC(N)=O)ccc1C. The van der Waals surface area contributed by atoms with Gasteiger partial charge in [-0.15, -0.1) is 5.92 Å². The third-order valence-electron chi connectivity index (χ3n) is 2.26. The molecular formula is C12H13NO4S. The summed E-state index contributed by atoms with van der Waals surface area (Å²) in [6.07, 6.45) is -0.923. The van der Waals surface area contributed by atoms with Crippen molar-refractivity contribution >= 4 is 16.2 Å². The molecule has 0 fully saturated rings. The standard InChI is InChI=1S/C12H13NO4S/c1-3-4-5-10-8-11(7-6-9(10)2)18(15,16)17-12(13)14/h6-8H,5H2,1-2H3,(H2,13,14).